The van der Waals surface area contributed by atoms with E-state index >= 15 is 0 Å². The van der Waals surface area contributed by atoms with E-state index in [1.54, 1.807) is 12.4 Å². The number of nitrogens with one attached hydrogen (secondary N) is 1. The van der Waals surface area contributed by atoms with E-state index in [1.165, 1.54) is 0 Å². The van der Waals surface area contributed by atoms with Gasteiger partial charge in [0, 0.05) is 24.6 Å². The summed E-state index contributed by atoms with van der Waals surface area (Å²) >= 11 is 0. The molecule has 158 valence electrons. The number of imidazole rings is 1. The molecule has 0 aromatic carbocycles. The third kappa shape index (κ3) is 4.51. The maximum atomic E-state index is 12.6. The van der Waals surface area contributed by atoms with Gasteiger partial charge in [0.2, 0.25) is 0 Å². The molecule has 3 aromatic rings. The van der Waals surface area contributed by atoms with Gasteiger partial charge in [0.15, 0.2) is 11.6 Å². The van der Waals surface area contributed by atoms with Gasteiger partial charge in [-0.25, -0.2) is 15.0 Å². The number of amides is 1. The maximum Gasteiger partial charge on any atom is 0.254 e. The van der Waals surface area contributed by atoms with Crippen LogP contribution in [0.25, 0.3) is 17.2 Å². The number of hydrogen-bond donors (Lipinski definition) is 2. The number of aromatic nitrogens is 4. The van der Waals surface area contributed by atoms with Crippen molar-refractivity contribution < 1.29 is 9.90 Å². The van der Waals surface area contributed by atoms with Gasteiger partial charge in [0.05, 0.1) is 22.4 Å². The molecular formula is C23H29N5O2. The smallest absolute Gasteiger partial charge is 0.254 e. The Morgan fingerprint density at radius 3 is 2.57 bits per heavy atom. The Kier molecular flexibility index (Phi) is 5.56. The van der Waals surface area contributed by atoms with Gasteiger partial charge in [0.1, 0.15) is 0 Å². The van der Waals surface area contributed by atoms with Crippen LogP contribution in [0.1, 0.15) is 62.0 Å². The lowest BCUT2D eigenvalue weighted by Gasteiger charge is -2.32. The number of carbonyl (C=O) groups excluding carboxylic acids is 1. The standard InChI is InChI=1S/C23H29N5O2/c1-15-19-6-4-5-11-28(19)21(26-15)20-24-13-17(14-25-20)22(29)27-18-9-7-16(8-10-18)12-23(2,3)30/h4-6,11,13-14,16,18,30H,7-10,12H2,1-3H3,(H,27,29). The van der Waals surface area contributed by atoms with Crippen molar-refractivity contribution in [2.24, 2.45) is 5.92 Å². The summed E-state index contributed by atoms with van der Waals surface area (Å²) in [6.45, 7) is 5.67. The maximum absolute atomic E-state index is 12.6. The lowest BCUT2D eigenvalue weighted by atomic mass is 9.80. The van der Waals surface area contributed by atoms with Gasteiger partial charge in [-0.05, 0) is 70.9 Å². The van der Waals surface area contributed by atoms with Gasteiger partial charge in [-0.1, -0.05) is 6.07 Å². The molecule has 7 heteroatoms. The first kappa shape index (κ1) is 20.5. The molecule has 3 heterocycles. The molecule has 0 unspecified atom stereocenters. The summed E-state index contributed by atoms with van der Waals surface area (Å²) in [6, 6.07) is 6.08. The van der Waals surface area contributed by atoms with Crippen LogP contribution < -0.4 is 5.32 Å². The Bertz CT molecular complexity index is 1030. The monoisotopic (exact) mass is 407 g/mol. The molecule has 1 aliphatic carbocycles. The SMILES string of the molecule is Cc1nc(-c2ncc(C(=O)NC3CCC(CC(C)(C)O)CC3)cn2)n2ccccc12. The Morgan fingerprint density at radius 2 is 1.90 bits per heavy atom. The van der Waals surface area contributed by atoms with E-state index < -0.39 is 5.60 Å². The van der Waals surface area contributed by atoms with Crippen molar-refractivity contribution in [1.29, 1.82) is 0 Å². The topological polar surface area (TPSA) is 92.4 Å². The van der Waals surface area contributed by atoms with Crippen LogP contribution in [0.2, 0.25) is 0 Å². The molecule has 30 heavy (non-hydrogen) atoms. The first-order valence-electron chi connectivity index (χ1n) is 10.6. The Morgan fingerprint density at radius 1 is 1.20 bits per heavy atom. The van der Waals surface area contributed by atoms with Crippen molar-refractivity contribution in [1.82, 2.24) is 24.7 Å². The van der Waals surface area contributed by atoms with Crippen LogP contribution in [-0.2, 0) is 0 Å². The van der Waals surface area contributed by atoms with Crippen LogP contribution in [0.3, 0.4) is 0 Å². The average molecular weight is 408 g/mol. The number of rotatable bonds is 5. The normalized spacial score (nSPS) is 19.7. The fraction of sp³-hybridized carbons (Fsp3) is 0.478. The largest absolute Gasteiger partial charge is 0.390 e. The molecule has 0 bridgehead atoms. The molecule has 3 aromatic heterocycles. The van der Waals surface area contributed by atoms with Crippen molar-refractivity contribution in [2.75, 3.05) is 0 Å². The Labute approximate surface area is 176 Å². The second-order valence-electron chi connectivity index (χ2n) is 8.98. The molecule has 0 saturated heterocycles. The molecule has 0 atom stereocenters. The van der Waals surface area contributed by atoms with Crippen LogP contribution in [0.4, 0.5) is 0 Å². The third-order valence-corrected chi connectivity index (χ3v) is 5.82. The Balaban J connectivity index is 1.39. The highest BCUT2D eigenvalue weighted by atomic mass is 16.3. The van der Waals surface area contributed by atoms with Crippen LogP contribution in [0, 0.1) is 12.8 Å². The summed E-state index contributed by atoms with van der Waals surface area (Å²) in [5, 5.41) is 13.1. The summed E-state index contributed by atoms with van der Waals surface area (Å²) < 4.78 is 1.95. The summed E-state index contributed by atoms with van der Waals surface area (Å²) in [5.74, 6) is 1.54. The summed E-state index contributed by atoms with van der Waals surface area (Å²) in [7, 11) is 0. The molecule has 1 fully saturated rings. The van der Waals surface area contributed by atoms with E-state index in [-0.39, 0.29) is 11.9 Å². The molecule has 4 rings (SSSR count). The fourth-order valence-corrected chi connectivity index (χ4v) is 4.40. The zero-order chi connectivity index (χ0) is 21.3. The lowest BCUT2D eigenvalue weighted by molar-refractivity contribution is 0.0433. The molecule has 1 aliphatic rings. The van der Waals surface area contributed by atoms with E-state index in [4.69, 9.17) is 0 Å². The predicted octanol–water partition coefficient (Wildman–Crippen LogP) is 3.55. The lowest BCUT2D eigenvalue weighted by Crippen LogP contribution is -2.38. The van der Waals surface area contributed by atoms with Crippen LogP contribution >= 0.6 is 0 Å². The fourth-order valence-electron chi connectivity index (χ4n) is 4.40. The third-order valence-electron chi connectivity index (χ3n) is 5.82. The minimum absolute atomic E-state index is 0.142. The quantitative estimate of drug-likeness (QED) is 0.675. The number of nitrogens with zero attached hydrogens (tertiary/aromatic N) is 4. The number of aliphatic hydroxyl groups is 1. The van der Waals surface area contributed by atoms with Crippen molar-refractivity contribution in [2.45, 2.75) is 64.5 Å². The highest BCUT2D eigenvalue weighted by Crippen LogP contribution is 2.30. The number of hydrogen-bond acceptors (Lipinski definition) is 5. The molecule has 0 spiro atoms. The minimum Gasteiger partial charge on any atom is -0.390 e. The highest BCUT2D eigenvalue weighted by Gasteiger charge is 2.27. The zero-order valence-electron chi connectivity index (χ0n) is 17.8. The number of fused-ring (bicyclic) bond motifs is 1. The number of carbonyl (C=O) groups is 1. The molecule has 1 amide bonds. The molecule has 0 radical (unpaired) electrons. The van der Waals surface area contributed by atoms with Crippen molar-refractivity contribution in [3.8, 4) is 11.6 Å². The molecule has 7 nitrogen and oxygen atoms in total. The second-order valence-corrected chi connectivity index (χ2v) is 8.98. The number of aryl methyl sites for hydroxylation is 1. The highest BCUT2D eigenvalue weighted by molar-refractivity contribution is 5.93. The van der Waals surface area contributed by atoms with E-state index in [0.29, 0.717) is 23.1 Å². The Hall–Kier alpha value is -2.80. The zero-order valence-corrected chi connectivity index (χ0v) is 17.8. The minimum atomic E-state index is -0.626. The van der Waals surface area contributed by atoms with E-state index in [2.05, 4.69) is 20.3 Å². The summed E-state index contributed by atoms with van der Waals surface area (Å²) in [4.78, 5) is 26.0. The van der Waals surface area contributed by atoms with Gasteiger partial charge in [-0.15, -0.1) is 0 Å². The van der Waals surface area contributed by atoms with E-state index in [1.807, 2.05) is 49.6 Å². The van der Waals surface area contributed by atoms with E-state index in [9.17, 15) is 9.90 Å². The van der Waals surface area contributed by atoms with E-state index in [0.717, 1.165) is 43.3 Å². The van der Waals surface area contributed by atoms with Crippen LogP contribution in [-0.4, -0.2) is 42.0 Å². The first-order valence-corrected chi connectivity index (χ1v) is 10.6. The summed E-state index contributed by atoms with van der Waals surface area (Å²) in [6.07, 6.45) is 9.80. The van der Waals surface area contributed by atoms with Gasteiger partial charge < -0.3 is 10.4 Å². The van der Waals surface area contributed by atoms with Crippen molar-refractivity contribution in [3.05, 3.63) is 48.0 Å². The molecule has 0 aliphatic heterocycles. The first-order chi connectivity index (χ1) is 14.3. The van der Waals surface area contributed by atoms with Gasteiger partial charge in [-0.3, -0.25) is 9.20 Å². The van der Waals surface area contributed by atoms with Crippen molar-refractivity contribution >= 4 is 11.4 Å². The summed E-state index contributed by atoms with van der Waals surface area (Å²) in [5.41, 5.74) is 1.75. The average Bonchev–Trinajstić information content (AvgIpc) is 3.05. The number of pyridine rings is 1. The molecule has 2 N–H and O–H groups in total. The van der Waals surface area contributed by atoms with Crippen LogP contribution in [0.5, 0.6) is 0 Å². The van der Waals surface area contributed by atoms with Gasteiger partial charge >= 0.3 is 0 Å². The molecule has 1 saturated carbocycles. The van der Waals surface area contributed by atoms with Crippen molar-refractivity contribution in [3.63, 3.8) is 0 Å². The molecular weight excluding hydrogens is 378 g/mol. The second kappa shape index (κ2) is 8.14. The van der Waals surface area contributed by atoms with Gasteiger partial charge in [0.25, 0.3) is 5.91 Å². The van der Waals surface area contributed by atoms with Crippen LogP contribution in [0.15, 0.2) is 36.8 Å². The van der Waals surface area contributed by atoms with Gasteiger partial charge in [-0.2, -0.15) is 0 Å². The predicted molar refractivity (Wildman–Crippen MR) is 115 cm³/mol.